The van der Waals surface area contributed by atoms with Gasteiger partial charge in [-0.15, -0.1) is 0 Å². The van der Waals surface area contributed by atoms with Crippen LogP contribution in [0.5, 0.6) is 0 Å². The molecule has 0 N–H and O–H groups in total. The lowest BCUT2D eigenvalue weighted by Gasteiger charge is -1.87. The van der Waals surface area contributed by atoms with Gasteiger partial charge in [-0.1, -0.05) is 0 Å². The van der Waals surface area contributed by atoms with Gasteiger partial charge in [0, 0.05) is 7.05 Å². The van der Waals surface area contributed by atoms with Gasteiger partial charge in [0.05, 0.1) is 0 Å². The SMILES string of the molecule is Cn1cnc(=O)nc1. The molecule has 0 aliphatic carbocycles. The first-order valence-corrected chi connectivity index (χ1v) is 2.13. The molecule has 1 aromatic heterocycles. The fraction of sp³-hybridized carbons (Fsp3) is 0.250. The van der Waals surface area contributed by atoms with Crippen molar-refractivity contribution in [2.24, 2.45) is 7.05 Å². The lowest BCUT2D eigenvalue weighted by atomic mass is 11.0. The third kappa shape index (κ3) is 0.900. The fourth-order valence-electron chi connectivity index (χ4n) is 0.344. The molecule has 0 spiro atoms. The van der Waals surface area contributed by atoms with E-state index < -0.39 is 5.69 Å². The van der Waals surface area contributed by atoms with E-state index in [9.17, 15) is 4.79 Å². The molecule has 0 aliphatic rings. The van der Waals surface area contributed by atoms with Gasteiger partial charge in [0.25, 0.3) is 0 Å². The van der Waals surface area contributed by atoms with Gasteiger partial charge in [-0.25, -0.2) is 4.79 Å². The lowest BCUT2D eigenvalue weighted by Crippen LogP contribution is -2.11. The molecule has 0 aromatic carbocycles. The van der Waals surface area contributed by atoms with E-state index >= 15 is 0 Å². The quantitative estimate of drug-likeness (QED) is 0.439. The summed E-state index contributed by atoms with van der Waals surface area (Å²) in [5.41, 5.74) is -0.442. The minimum absolute atomic E-state index is 0.442. The Balaban J connectivity index is 3.22. The Labute approximate surface area is 45.8 Å². The molecule has 4 nitrogen and oxygen atoms in total. The summed E-state index contributed by atoms with van der Waals surface area (Å²) in [5.74, 6) is 0. The van der Waals surface area contributed by atoms with E-state index in [1.54, 1.807) is 11.6 Å². The maximum atomic E-state index is 10.2. The first kappa shape index (κ1) is 4.96. The van der Waals surface area contributed by atoms with Crippen LogP contribution in [0.25, 0.3) is 0 Å². The number of aromatic nitrogens is 3. The first-order chi connectivity index (χ1) is 3.79. The molecular weight excluding hydrogens is 106 g/mol. The second kappa shape index (κ2) is 1.73. The molecule has 42 valence electrons. The van der Waals surface area contributed by atoms with Gasteiger partial charge in [-0.05, 0) is 0 Å². The molecule has 0 aliphatic heterocycles. The van der Waals surface area contributed by atoms with Crippen molar-refractivity contribution in [3.05, 3.63) is 23.1 Å². The molecule has 0 atom stereocenters. The molecule has 1 heterocycles. The van der Waals surface area contributed by atoms with Crippen LogP contribution in [0.4, 0.5) is 0 Å². The highest BCUT2D eigenvalue weighted by Crippen LogP contribution is 1.63. The van der Waals surface area contributed by atoms with Crippen LogP contribution in [-0.2, 0) is 7.05 Å². The van der Waals surface area contributed by atoms with E-state index in [0.29, 0.717) is 0 Å². The second-order valence-electron chi connectivity index (χ2n) is 1.44. The minimum atomic E-state index is -0.442. The van der Waals surface area contributed by atoms with Gasteiger partial charge in [-0.2, -0.15) is 9.97 Å². The van der Waals surface area contributed by atoms with Gasteiger partial charge in [0.1, 0.15) is 12.7 Å². The van der Waals surface area contributed by atoms with Crippen molar-refractivity contribution in [2.75, 3.05) is 0 Å². The zero-order valence-electron chi connectivity index (χ0n) is 4.40. The number of nitrogens with zero attached hydrogens (tertiary/aromatic N) is 3. The smallest absolute Gasteiger partial charge is 0.326 e. The Hall–Kier alpha value is -1.19. The second-order valence-corrected chi connectivity index (χ2v) is 1.44. The fourth-order valence-corrected chi connectivity index (χ4v) is 0.344. The van der Waals surface area contributed by atoms with Crippen LogP contribution in [0.15, 0.2) is 17.4 Å². The summed E-state index contributed by atoms with van der Waals surface area (Å²) in [6.07, 6.45) is 2.82. The van der Waals surface area contributed by atoms with E-state index in [2.05, 4.69) is 9.97 Å². The first-order valence-electron chi connectivity index (χ1n) is 2.13. The number of hydrogen-bond donors (Lipinski definition) is 0. The number of hydrogen-bond acceptors (Lipinski definition) is 3. The van der Waals surface area contributed by atoms with E-state index in [1.807, 2.05) is 0 Å². The van der Waals surface area contributed by atoms with Gasteiger partial charge in [-0.3, -0.25) is 0 Å². The number of aryl methyl sites for hydroxylation is 1. The molecule has 0 fully saturated rings. The van der Waals surface area contributed by atoms with Gasteiger partial charge in [0.15, 0.2) is 0 Å². The maximum absolute atomic E-state index is 10.2. The molecule has 0 saturated heterocycles. The Kier molecular flexibility index (Phi) is 1.07. The summed E-state index contributed by atoms with van der Waals surface area (Å²) in [4.78, 5) is 16.9. The van der Waals surface area contributed by atoms with Crippen molar-refractivity contribution in [3.63, 3.8) is 0 Å². The highest BCUT2D eigenvalue weighted by molar-refractivity contribution is 4.60. The van der Waals surface area contributed by atoms with E-state index in [0.717, 1.165) is 0 Å². The highest BCUT2D eigenvalue weighted by atomic mass is 16.1. The summed E-state index contributed by atoms with van der Waals surface area (Å²) < 4.78 is 1.60. The predicted octanol–water partition coefficient (Wildman–Crippen LogP) is -0.825. The Morgan fingerprint density at radius 3 is 2.38 bits per heavy atom. The lowest BCUT2D eigenvalue weighted by molar-refractivity contribution is 0.798. The van der Waals surface area contributed by atoms with Crippen molar-refractivity contribution < 1.29 is 0 Å². The minimum Gasteiger partial charge on any atom is -0.326 e. The van der Waals surface area contributed by atoms with Crippen LogP contribution < -0.4 is 5.69 Å². The standard InChI is InChI=1S/C4H5N3O/c1-7-2-5-4(8)6-3-7/h2-3H,1H3. The average Bonchev–Trinajstić information content (AvgIpc) is 1.77. The van der Waals surface area contributed by atoms with Gasteiger partial charge in [0.2, 0.25) is 0 Å². The summed E-state index contributed by atoms with van der Waals surface area (Å²) in [5, 5.41) is 0. The third-order valence-corrected chi connectivity index (χ3v) is 0.701. The molecule has 0 unspecified atom stereocenters. The van der Waals surface area contributed by atoms with Crippen LogP contribution in [0.3, 0.4) is 0 Å². The van der Waals surface area contributed by atoms with Crippen LogP contribution in [0, 0.1) is 0 Å². The van der Waals surface area contributed by atoms with Crippen molar-refractivity contribution >= 4 is 0 Å². The molecule has 8 heavy (non-hydrogen) atoms. The molecule has 4 heteroatoms. The summed E-state index contributed by atoms with van der Waals surface area (Å²) in [6.45, 7) is 0. The van der Waals surface area contributed by atoms with Gasteiger partial charge >= 0.3 is 5.69 Å². The van der Waals surface area contributed by atoms with Crippen molar-refractivity contribution in [1.82, 2.24) is 14.5 Å². The van der Waals surface area contributed by atoms with Crippen molar-refractivity contribution in [1.29, 1.82) is 0 Å². The number of rotatable bonds is 0. The Bertz CT molecular complexity index is 208. The predicted molar refractivity (Wildman–Crippen MR) is 27.3 cm³/mol. The monoisotopic (exact) mass is 111 g/mol. The largest absolute Gasteiger partial charge is 0.369 e. The highest BCUT2D eigenvalue weighted by Gasteiger charge is 1.79. The average molecular weight is 111 g/mol. The molecular formula is C4H5N3O. The van der Waals surface area contributed by atoms with Crippen LogP contribution >= 0.6 is 0 Å². The van der Waals surface area contributed by atoms with Crippen molar-refractivity contribution in [2.45, 2.75) is 0 Å². The third-order valence-electron chi connectivity index (χ3n) is 0.701. The molecule has 0 bridgehead atoms. The maximum Gasteiger partial charge on any atom is 0.369 e. The molecule has 0 radical (unpaired) electrons. The van der Waals surface area contributed by atoms with Crippen molar-refractivity contribution in [3.8, 4) is 0 Å². The van der Waals surface area contributed by atoms with Crippen LogP contribution in [0.1, 0.15) is 0 Å². The topological polar surface area (TPSA) is 47.8 Å². The summed E-state index contributed by atoms with van der Waals surface area (Å²) in [6, 6.07) is 0. The molecule has 0 saturated carbocycles. The molecule has 0 amide bonds. The van der Waals surface area contributed by atoms with E-state index in [-0.39, 0.29) is 0 Å². The van der Waals surface area contributed by atoms with Gasteiger partial charge < -0.3 is 4.57 Å². The van der Waals surface area contributed by atoms with Crippen LogP contribution in [-0.4, -0.2) is 14.5 Å². The van der Waals surface area contributed by atoms with E-state index in [1.165, 1.54) is 12.7 Å². The summed E-state index contributed by atoms with van der Waals surface area (Å²) >= 11 is 0. The summed E-state index contributed by atoms with van der Waals surface area (Å²) in [7, 11) is 1.75. The molecule has 1 rings (SSSR count). The normalized spacial score (nSPS) is 9.12. The Morgan fingerprint density at radius 2 is 2.00 bits per heavy atom. The van der Waals surface area contributed by atoms with E-state index in [4.69, 9.17) is 0 Å². The zero-order valence-corrected chi connectivity index (χ0v) is 4.40. The molecule has 1 aromatic rings. The zero-order chi connectivity index (χ0) is 5.98. The Morgan fingerprint density at radius 1 is 1.50 bits per heavy atom. The van der Waals surface area contributed by atoms with Crippen LogP contribution in [0.2, 0.25) is 0 Å².